The van der Waals surface area contributed by atoms with Gasteiger partial charge in [0.1, 0.15) is 6.04 Å². The monoisotopic (exact) mass is 261 g/mol. The summed E-state index contributed by atoms with van der Waals surface area (Å²) in [5, 5.41) is 3.37. The SMILES string of the molecule is CCCC(NC(C)CCSCC)C(=O)OCC. The lowest BCUT2D eigenvalue weighted by Gasteiger charge is -2.21. The molecular weight excluding hydrogens is 234 g/mol. The zero-order valence-electron chi connectivity index (χ0n) is 11.6. The number of esters is 1. The molecule has 2 atom stereocenters. The van der Waals surface area contributed by atoms with Gasteiger partial charge in [-0.2, -0.15) is 11.8 Å². The quantitative estimate of drug-likeness (QED) is 0.485. The van der Waals surface area contributed by atoms with E-state index in [9.17, 15) is 4.79 Å². The van der Waals surface area contributed by atoms with Crippen molar-refractivity contribution in [1.82, 2.24) is 5.32 Å². The van der Waals surface area contributed by atoms with E-state index in [1.54, 1.807) is 0 Å². The molecule has 0 aliphatic carbocycles. The molecule has 3 nitrogen and oxygen atoms in total. The normalized spacial score (nSPS) is 14.4. The summed E-state index contributed by atoms with van der Waals surface area (Å²) >= 11 is 1.94. The molecule has 0 heterocycles. The molecule has 0 rings (SSSR count). The number of thioether (sulfide) groups is 1. The maximum atomic E-state index is 11.7. The highest BCUT2D eigenvalue weighted by Crippen LogP contribution is 2.07. The van der Waals surface area contributed by atoms with Gasteiger partial charge in [0, 0.05) is 6.04 Å². The first-order valence-corrected chi connectivity index (χ1v) is 7.81. The predicted molar refractivity (Wildman–Crippen MR) is 75.5 cm³/mol. The highest BCUT2D eigenvalue weighted by molar-refractivity contribution is 7.99. The largest absolute Gasteiger partial charge is 0.465 e. The van der Waals surface area contributed by atoms with Gasteiger partial charge in [0.2, 0.25) is 0 Å². The number of carbonyl (C=O) groups excluding carboxylic acids is 1. The topological polar surface area (TPSA) is 38.3 Å². The average molecular weight is 261 g/mol. The van der Waals surface area contributed by atoms with E-state index in [0.29, 0.717) is 12.6 Å². The van der Waals surface area contributed by atoms with Crippen molar-refractivity contribution < 1.29 is 9.53 Å². The first-order chi connectivity index (χ1) is 8.15. The van der Waals surface area contributed by atoms with Crippen LogP contribution in [0.15, 0.2) is 0 Å². The fraction of sp³-hybridized carbons (Fsp3) is 0.923. The predicted octanol–water partition coefficient (Wildman–Crippen LogP) is 2.84. The van der Waals surface area contributed by atoms with Crippen LogP contribution in [0.2, 0.25) is 0 Å². The molecule has 0 spiro atoms. The van der Waals surface area contributed by atoms with Crippen molar-refractivity contribution >= 4 is 17.7 Å². The van der Waals surface area contributed by atoms with E-state index in [0.717, 1.165) is 30.8 Å². The standard InChI is InChI=1S/C13H27NO2S/c1-5-8-12(13(15)16-6-2)14-11(4)9-10-17-7-3/h11-12,14H,5-10H2,1-4H3. The fourth-order valence-corrected chi connectivity index (χ4v) is 2.44. The summed E-state index contributed by atoms with van der Waals surface area (Å²) < 4.78 is 5.08. The molecule has 2 unspecified atom stereocenters. The van der Waals surface area contributed by atoms with Crippen LogP contribution in [0.5, 0.6) is 0 Å². The van der Waals surface area contributed by atoms with Crippen LogP contribution in [0, 0.1) is 0 Å². The van der Waals surface area contributed by atoms with E-state index in [1.165, 1.54) is 0 Å². The molecule has 0 aromatic rings. The molecule has 0 bridgehead atoms. The second-order valence-electron chi connectivity index (χ2n) is 4.15. The van der Waals surface area contributed by atoms with Gasteiger partial charge in [-0.05, 0) is 38.2 Å². The highest BCUT2D eigenvalue weighted by Gasteiger charge is 2.20. The van der Waals surface area contributed by atoms with Crippen LogP contribution in [0.1, 0.15) is 47.0 Å². The van der Waals surface area contributed by atoms with E-state index >= 15 is 0 Å². The van der Waals surface area contributed by atoms with Gasteiger partial charge in [0.15, 0.2) is 0 Å². The fourth-order valence-electron chi connectivity index (χ4n) is 1.63. The summed E-state index contributed by atoms with van der Waals surface area (Å²) in [6, 6.07) is 0.233. The van der Waals surface area contributed by atoms with Gasteiger partial charge in [-0.3, -0.25) is 4.79 Å². The minimum Gasteiger partial charge on any atom is -0.465 e. The molecule has 1 N–H and O–H groups in total. The van der Waals surface area contributed by atoms with Crippen LogP contribution in [-0.2, 0) is 9.53 Å². The van der Waals surface area contributed by atoms with E-state index in [2.05, 4.69) is 26.1 Å². The second-order valence-corrected chi connectivity index (χ2v) is 5.54. The molecule has 0 fully saturated rings. The maximum Gasteiger partial charge on any atom is 0.323 e. The highest BCUT2D eigenvalue weighted by atomic mass is 32.2. The Morgan fingerprint density at radius 1 is 1.29 bits per heavy atom. The summed E-state index contributed by atoms with van der Waals surface area (Å²) in [6.45, 7) is 8.70. The summed E-state index contributed by atoms with van der Waals surface area (Å²) in [7, 11) is 0. The Kier molecular flexibility index (Phi) is 10.8. The van der Waals surface area contributed by atoms with Crippen molar-refractivity contribution in [2.75, 3.05) is 18.1 Å². The van der Waals surface area contributed by atoms with Gasteiger partial charge in [0.05, 0.1) is 6.61 Å². The van der Waals surface area contributed by atoms with E-state index in [1.807, 2.05) is 18.7 Å². The number of rotatable bonds is 10. The molecule has 17 heavy (non-hydrogen) atoms. The van der Waals surface area contributed by atoms with Crippen molar-refractivity contribution in [1.29, 1.82) is 0 Å². The zero-order valence-corrected chi connectivity index (χ0v) is 12.4. The molecule has 0 saturated heterocycles. The van der Waals surface area contributed by atoms with Crippen LogP contribution in [0.4, 0.5) is 0 Å². The van der Waals surface area contributed by atoms with Gasteiger partial charge in [-0.1, -0.05) is 20.3 Å². The third-order valence-corrected chi connectivity index (χ3v) is 3.47. The Hall–Kier alpha value is -0.220. The number of ether oxygens (including phenoxy) is 1. The summed E-state index contributed by atoms with van der Waals surface area (Å²) in [5.41, 5.74) is 0. The van der Waals surface area contributed by atoms with Gasteiger partial charge in [0.25, 0.3) is 0 Å². The van der Waals surface area contributed by atoms with Crippen molar-refractivity contribution in [3.05, 3.63) is 0 Å². The second kappa shape index (κ2) is 10.9. The number of hydrogen-bond acceptors (Lipinski definition) is 4. The van der Waals surface area contributed by atoms with E-state index < -0.39 is 0 Å². The Morgan fingerprint density at radius 2 is 2.00 bits per heavy atom. The van der Waals surface area contributed by atoms with Crippen LogP contribution < -0.4 is 5.32 Å². The maximum absolute atomic E-state index is 11.7. The zero-order chi connectivity index (χ0) is 13.1. The third-order valence-electron chi connectivity index (χ3n) is 2.53. The first-order valence-electron chi connectivity index (χ1n) is 6.66. The molecule has 0 radical (unpaired) electrons. The average Bonchev–Trinajstić information content (AvgIpc) is 2.29. The minimum atomic E-state index is -0.137. The van der Waals surface area contributed by atoms with Gasteiger partial charge in [-0.15, -0.1) is 0 Å². The molecule has 4 heteroatoms. The smallest absolute Gasteiger partial charge is 0.323 e. The van der Waals surface area contributed by atoms with Gasteiger partial charge < -0.3 is 10.1 Å². The molecule has 0 aromatic heterocycles. The van der Waals surface area contributed by atoms with Crippen molar-refractivity contribution in [2.45, 2.75) is 59.0 Å². The molecule has 0 aliphatic heterocycles. The third kappa shape index (κ3) is 8.50. The van der Waals surface area contributed by atoms with Crippen LogP contribution in [-0.4, -0.2) is 36.2 Å². The molecular formula is C13H27NO2S. The van der Waals surface area contributed by atoms with E-state index in [4.69, 9.17) is 4.74 Å². The molecule has 0 aliphatic rings. The molecule has 0 saturated carbocycles. The van der Waals surface area contributed by atoms with Crippen molar-refractivity contribution in [3.8, 4) is 0 Å². The molecule has 0 aromatic carbocycles. The van der Waals surface area contributed by atoms with Gasteiger partial charge >= 0.3 is 5.97 Å². The Morgan fingerprint density at radius 3 is 2.53 bits per heavy atom. The lowest BCUT2D eigenvalue weighted by molar-refractivity contribution is -0.146. The lowest BCUT2D eigenvalue weighted by atomic mass is 10.1. The summed E-state index contributed by atoms with van der Waals surface area (Å²) in [4.78, 5) is 11.7. The minimum absolute atomic E-state index is 0.107. The first kappa shape index (κ1) is 16.8. The summed E-state index contributed by atoms with van der Waals surface area (Å²) in [5.74, 6) is 2.19. The van der Waals surface area contributed by atoms with Crippen LogP contribution in [0.3, 0.4) is 0 Å². The Balaban J connectivity index is 4.00. The molecule has 0 amide bonds. The van der Waals surface area contributed by atoms with Crippen LogP contribution in [0.25, 0.3) is 0 Å². The molecule has 102 valence electrons. The number of nitrogens with one attached hydrogen (secondary N) is 1. The Labute approximate surface area is 110 Å². The Bertz CT molecular complexity index is 200. The van der Waals surface area contributed by atoms with Crippen molar-refractivity contribution in [2.24, 2.45) is 0 Å². The lowest BCUT2D eigenvalue weighted by Crippen LogP contribution is -2.43. The van der Waals surface area contributed by atoms with Crippen LogP contribution >= 0.6 is 11.8 Å². The number of hydrogen-bond donors (Lipinski definition) is 1. The van der Waals surface area contributed by atoms with Crippen molar-refractivity contribution in [3.63, 3.8) is 0 Å². The summed E-state index contributed by atoms with van der Waals surface area (Å²) in [6.07, 6.45) is 2.94. The van der Waals surface area contributed by atoms with Gasteiger partial charge in [-0.25, -0.2) is 0 Å². The number of carbonyl (C=O) groups is 1. The van der Waals surface area contributed by atoms with E-state index in [-0.39, 0.29) is 12.0 Å².